The van der Waals surface area contributed by atoms with Crippen LogP contribution in [0.2, 0.25) is 0 Å². The number of ether oxygens (including phenoxy) is 1. The summed E-state index contributed by atoms with van der Waals surface area (Å²) in [5.74, 6) is 0. The molecule has 2 atom stereocenters. The van der Waals surface area contributed by atoms with Gasteiger partial charge in [-0.25, -0.2) is 4.98 Å². The Bertz CT molecular complexity index is 411. The average Bonchev–Trinajstić information content (AvgIpc) is 3.05. The van der Waals surface area contributed by atoms with Crippen molar-refractivity contribution >= 4 is 11.3 Å². The standard InChI is InChI=1S/C14H24N4OS/c1-16(2)4-5-18-6-7-19-13-10-17(9-12(13)18)11-14-15-3-8-20-14/h3,8,12-13H,4-7,9-11H2,1-2H3/t12-,13+/m0/s1. The number of hydrogen-bond acceptors (Lipinski definition) is 6. The van der Waals surface area contributed by atoms with Crippen LogP contribution in [0.4, 0.5) is 0 Å². The first-order valence-electron chi connectivity index (χ1n) is 7.33. The first-order chi connectivity index (χ1) is 9.72. The van der Waals surface area contributed by atoms with Crippen molar-refractivity contribution in [3.8, 4) is 0 Å². The van der Waals surface area contributed by atoms with Gasteiger partial charge in [-0.05, 0) is 14.1 Å². The zero-order chi connectivity index (χ0) is 13.9. The Morgan fingerprint density at radius 1 is 1.45 bits per heavy atom. The summed E-state index contributed by atoms with van der Waals surface area (Å²) in [7, 11) is 4.28. The number of morpholine rings is 1. The molecule has 20 heavy (non-hydrogen) atoms. The van der Waals surface area contributed by atoms with E-state index < -0.39 is 0 Å². The van der Waals surface area contributed by atoms with Gasteiger partial charge in [-0.3, -0.25) is 9.80 Å². The largest absolute Gasteiger partial charge is 0.374 e. The number of hydrogen-bond donors (Lipinski definition) is 0. The summed E-state index contributed by atoms with van der Waals surface area (Å²) < 4.78 is 5.97. The van der Waals surface area contributed by atoms with E-state index in [4.69, 9.17) is 4.74 Å². The maximum Gasteiger partial charge on any atom is 0.107 e. The lowest BCUT2D eigenvalue weighted by molar-refractivity contribution is -0.0483. The molecule has 112 valence electrons. The minimum atomic E-state index is 0.380. The number of thiazole rings is 1. The van der Waals surface area contributed by atoms with Crippen molar-refractivity contribution in [2.75, 3.05) is 53.4 Å². The molecule has 1 aromatic rings. The van der Waals surface area contributed by atoms with Crippen molar-refractivity contribution in [3.05, 3.63) is 16.6 Å². The van der Waals surface area contributed by atoms with E-state index in [1.807, 2.05) is 6.20 Å². The third-order valence-electron chi connectivity index (χ3n) is 4.17. The Labute approximate surface area is 125 Å². The maximum atomic E-state index is 5.97. The molecule has 3 heterocycles. The zero-order valence-electron chi connectivity index (χ0n) is 12.4. The zero-order valence-corrected chi connectivity index (χ0v) is 13.2. The Balaban J connectivity index is 1.57. The Kier molecular flexibility index (Phi) is 4.68. The minimum Gasteiger partial charge on any atom is -0.374 e. The van der Waals surface area contributed by atoms with Gasteiger partial charge in [0.25, 0.3) is 0 Å². The molecule has 0 saturated carbocycles. The normalized spacial score (nSPS) is 28.1. The van der Waals surface area contributed by atoms with E-state index in [1.54, 1.807) is 11.3 Å². The molecule has 0 aliphatic carbocycles. The van der Waals surface area contributed by atoms with Crippen LogP contribution in [-0.2, 0) is 11.3 Å². The van der Waals surface area contributed by atoms with E-state index in [1.165, 1.54) is 5.01 Å². The molecular formula is C14H24N4OS. The smallest absolute Gasteiger partial charge is 0.107 e. The van der Waals surface area contributed by atoms with Crippen LogP contribution in [0.15, 0.2) is 11.6 Å². The number of likely N-dealkylation sites (N-methyl/N-ethyl adjacent to an activating group) is 1. The second-order valence-corrected chi connectivity index (χ2v) is 6.91. The van der Waals surface area contributed by atoms with Gasteiger partial charge in [0.1, 0.15) is 5.01 Å². The van der Waals surface area contributed by atoms with E-state index in [9.17, 15) is 0 Å². The van der Waals surface area contributed by atoms with Crippen molar-refractivity contribution < 1.29 is 4.74 Å². The number of rotatable bonds is 5. The van der Waals surface area contributed by atoms with Gasteiger partial charge in [0, 0.05) is 50.3 Å². The molecule has 5 nitrogen and oxygen atoms in total. The molecule has 0 amide bonds. The van der Waals surface area contributed by atoms with Gasteiger partial charge in [0.15, 0.2) is 0 Å². The van der Waals surface area contributed by atoms with Crippen molar-refractivity contribution in [2.24, 2.45) is 0 Å². The average molecular weight is 296 g/mol. The summed E-state index contributed by atoms with van der Waals surface area (Å²) in [5.41, 5.74) is 0. The SMILES string of the molecule is CN(C)CCN1CCO[C@@H]2CN(Cc3nccs3)C[C@@H]21. The van der Waals surface area contributed by atoms with Crippen LogP contribution in [0.3, 0.4) is 0 Å². The molecule has 6 heteroatoms. The van der Waals surface area contributed by atoms with Gasteiger partial charge in [-0.15, -0.1) is 11.3 Å². The van der Waals surface area contributed by atoms with Crippen molar-refractivity contribution in [3.63, 3.8) is 0 Å². The molecule has 2 aliphatic rings. The third-order valence-corrected chi connectivity index (χ3v) is 4.93. The molecule has 0 unspecified atom stereocenters. The van der Waals surface area contributed by atoms with E-state index in [2.05, 4.69) is 39.2 Å². The summed E-state index contributed by atoms with van der Waals surface area (Å²) in [6.07, 6.45) is 2.27. The fraction of sp³-hybridized carbons (Fsp3) is 0.786. The van der Waals surface area contributed by atoms with E-state index in [0.717, 1.165) is 45.9 Å². The molecule has 0 N–H and O–H groups in total. The van der Waals surface area contributed by atoms with Crippen LogP contribution in [0, 0.1) is 0 Å². The molecule has 0 spiro atoms. The first-order valence-corrected chi connectivity index (χ1v) is 8.21. The highest BCUT2D eigenvalue weighted by Crippen LogP contribution is 2.24. The van der Waals surface area contributed by atoms with Crippen molar-refractivity contribution in [1.82, 2.24) is 19.7 Å². The molecule has 1 aromatic heterocycles. The van der Waals surface area contributed by atoms with E-state index in [0.29, 0.717) is 12.1 Å². The second-order valence-electron chi connectivity index (χ2n) is 5.94. The van der Waals surface area contributed by atoms with Gasteiger partial charge in [-0.1, -0.05) is 0 Å². The monoisotopic (exact) mass is 296 g/mol. The predicted molar refractivity (Wildman–Crippen MR) is 81.0 cm³/mol. The van der Waals surface area contributed by atoms with Crippen LogP contribution in [0.1, 0.15) is 5.01 Å². The lowest BCUT2D eigenvalue weighted by Crippen LogP contribution is -2.52. The molecule has 2 saturated heterocycles. The topological polar surface area (TPSA) is 31.8 Å². The molecular weight excluding hydrogens is 272 g/mol. The first kappa shape index (κ1) is 14.4. The van der Waals surface area contributed by atoms with Crippen LogP contribution in [-0.4, -0.2) is 85.3 Å². The number of aromatic nitrogens is 1. The van der Waals surface area contributed by atoms with Gasteiger partial charge >= 0.3 is 0 Å². The van der Waals surface area contributed by atoms with E-state index >= 15 is 0 Å². The molecule has 0 radical (unpaired) electrons. The minimum absolute atomic E-state index is 0.380. The summed E-state index contributed by atoms with van der Waals surface area (Å²) in [6.45, 7) is 7.33. The number of fused-ring (bicyclic) bond motifs is 1. The van der Waals surface area contributed by atoms with Gasteiger partial charge in [0.2, 0.25) is 0 Å². The molecule has 0 aromatic carbocycles. The molecule has 0 bridgehead atoms. The fourth-order valence-corrected chi connectivity index (χ4v) is 3.75. The predicted octanol–water partition coefficient (Wildman–Crippen LogP) is 0.590. The Morgan fingerprint density at radius 3 is 3.10 bits per heavy atom. The number of nitrogens with zero attached hydrogens (tertiary/aromatic N) is 4. The fourth-order valence-electron chi connectivity index (χ4n) is 3.09. The quantitative estimate of drug-likeness (QED) is 0.794. The summed E-state index contributed by atoms with van der Waals surface area (Å²) in [4.78, 5) is 11.7. The summed E-state index contributed by atoms with van der Waals surface area (Å²) >= 11 is 1.74. The van der Waals surface area contributed by atoms with Gasteiger partial charge < -0.3 is 9.64 Å². The van der Waals surface area contributed by atoms with Crippen LogP contribution < -0.4 is 0 Å². The number of likely N-dealkylation sites (tertiary alicyclic amines) is 1. The summed E-state index contributed by atoms with van der Waals surface area (Å²) in [6, 6.07) is 0.559. The summed E-state index contributed by atoms with van der Waals surface area (Å²) in [5, 5.41) is 3.27. The van der Waals surface area contributed by atoms with Gasteiger partial charge in [0.05, 0.1) is 19.3 Å². The molecule has 3 rings (SSSR count). The van der Waals surface area contributed by atoms with E-state index in [-0.39, 0.29) is 0 Å². The lowest BCUT2D eigenvalue weighted by Gasteiger charge is -2.37. The maximum absolute atomic E-state index is 5.97. The highest BCUT2D eigenvalue weighted by atomic mass is 32.1. The van der Waals surface area contributed by atoms with Crippen molar-refractivity contribution in [2.45, 2.75) is 18.7 Å². The third kappa shape index (κ3) is 3.38. The van der Waals surface area contributed by atoms with Gasteiger partial charge in [-0.2, -0.15) is 0 Å². The Morgan fingerprint density at radius 2 is 2.35 bits per heavy atom. The second kappa shape index (κ2) is 6.49. The molecule has 2 fully saturated rings. The van der Waals surface area contributed by atoms with Crippen LogP contribution in [0.5, 0.6) is 0 Å². The van der Waals surface area contributed by atoms with Crippen molar-refractivity contribution in [1.29, 1.82) is 0 Å². The van der Waals surface area contributed by atoms with Crippen LogP contribution in [0.25, 0.3) is 0 Å². The molecule has 2 aliphatic heterocycles. The highest BCUT2D eigenvalue weighted by molar-refractivity contribution is 7.09. The Hall–Kier alpha value is -0.530. The van der Waals surface area contributed by atoms with Crippen LogP contribution >= 0.6 is 11.3 Å². The lowest BCUT2D eigenvalue weighted by atomic mass is 10.1. The highest BCUT2D eigenvalue weighted by Gasteiger charge is 2.39.